The minimum atomic E-state index is -3.24. The number of nitrogens with two attached hydrogens (primary N) is 1. The normalized spacial score (nSPS) is 11.1. The number of benzene rings is 2. The fraction of sp³-hybridized carbons (Fsp3) is 0.105. The van der Waals surface area contributed by atoms with Crippen LogP contribution >= 0.6 is 0 Å². The summed E-state index contributed by atoms with van der Waals surface area (Å²) >= 11 is 0. The molecular weight excluding hydrogens is 354 g/mol. The van der Waals surface area contributed by atoms with Crippen molar-refractivity contribution >= 4 is 17.4 Å². The van der Waals surface area contributed by atoms with Gasteiger partial charge in [-0.25, -0.2) is 9.97 Å². The second-order valence-electron chi connectivity index (χ2n) is 5.79. The van der Waals surface area contributed by atoms with Crippen LogP contribution in [-0.4, -0.2) is 22.0 Å². The van der Waals surface area contributed by atoms with Gasteiger partial charge in [-0.2, -0.15) is 8.78 Å². The van der Waals surface area contributed by atoms with Gasteiger partial charge in [0, 0.05) is 29.8 Å². The lowest BCUT2D eigenvalue weighted by atomic mass is 10.1. The molecule has 1 aromatic heterocycles. The van der Waals surface area contributed by atoms with Crippen molar-refractivity contribution in [3.63, 3.8) is 0 Å². The summed E-state index contributed by atoms with van der Waals surface area (Å²) in [6.07, 6.45) is -1.86. The number of hydrogen-bond acceptors (Lipinski definition) is 5. The van der Waals surface area contributed by atoms with Gasteiger partial charge in [-0.05, 0) is 36.4 Å². The third-order valence-electron chi connectivity index (χ3n) is 3.53. The van der Waals surface area contributed by atoms with E-state index in [0.717, 1.165) is 0 Å². The van der Waals surface area contributed by atoms with Crippen molar-refractivity contribution in [2.24, 2.45) is 5.73 Å². The standard InChI is InChI=1S/C19H16F2N4O2/c1-19(20,21)27-15-7-5-14(6-8-15)25-17-10-16(23-11-24-17)12-3-2-4-13(9-12)18(22)26/h2-11H,1H3,(H2,22,26)(H,23,24,25). The summed E-state index contributed by atoms with van der Waals surface area (Å²) in [5.74, 6) is 0.0304. The minimum absolute atomic E-state index is 0.0553. The minimum Gasteiger partial charge on any atom is -0.433 e. The van der Waals surface area contributed by atoms with Crippen LogP contribution in [0.15, 0.2) is 60.9 Å². The third-order valence-corrected chi connectivity index (χ3v) is 3.53. The molecule has 3 aromatic rings. The molecule has 0 fully saturated rings. The fourth-order valence-corrected chi connectivity index (χ4v) is 2.38. The Kier molecular flexibility index (Phi) is 4.98. The van der Waals surface area contributed by atoms with Crippen LogP contribution < -0.4 is 15.8 Å². The van der Waals surface area contributed by atoms with Gasteiger partial charge in [-0.15, -0.1) is 0 Å². The van der Waals surface area contributed by atoms with Gasteiger partial charge < -0.3 is 15.8 Å². The van der Waals surface area contributed by atoms with Crippen molar-refractivity contribution < 1.29 is 18.3 Å². The van der Waals surface area contributed by atoms with E-state index in [1.54, 1.807) is 42.5 Å². The molecule has 1 amide bonds. The Balaban J connectivity index is 1.78. The summed E-state index contributed by atoms with van der Waals surface area (Å²) in [4.78, 5) is 19.7. The predicted octanol–water partition coefficient (Wildman–Crippen LogP) is 3.98. The number of nitrogens with zero attached hydrogens (tertiary/aromatic N) is 2. The molecule has 0 unspecified atom stereocenters. The van der Waals surface area contributed by atoms with Crippen molar-refractivity contribution in [1.29, 1.82) is 0 Å². The first-order valence-electron chi connectivity index (χ1n) is 7.96. The van der Waals surface area contributed by atoms with Gasteiger partial charge in [0.05, 0.1) is 5.69 Å². The maximum Gasteiger partial charge on any atom is 0.394 e. The van der Waals surface area contributed by atoms with Crippen LogP contribution in [0.25, 0.3) is 11.3 Å². The van der Waals surface area contributed by atoms with Crippen LogP contribution in [0.2, 0.25) is 0 Å². The zero-order chi connectivity index (χ0) is 19.4. The summed E-state index contributed by atoms with van der Waals surface area (Å²) in [7, 11) is 0. The number of primary amides is 1. The molecule has 6 nitrogen and oxygen atoms in total. The number of alkyl halides is 2. The monoisotopic (exact) mass is 370 g/mol. The highest BCUT2D eigenvalue weighted by Gasteiger charge is 2.22. The molecule has 0 spiro atoms. The van der Waals surface area contributed by atoms with Crippen LogP contribution in [0.4, 0.5) is 20.3 Å². The number of carbonyl (C=O) groups is 1. The quantitative estimate of drug-likeness (QED) is 0.685. The number of hydrogen-bond donors (Lipinski definition) is 2. The van der Waals surface area contributed by atoms with E-state index in [0.29, 0.717) is 35.2 Å². The topological polar surface area (TPSA) is 90.1 Å². The highest BCUT2D eigenvalue weighted by molar-refractivity contribution is 5.94. The van der Waals surface area contributed by atoms with E-state index in [1.165, 1.54) is 18.5 Å². The molecule has 3 rings (SSSR count). The molecule has 1 heterocycles. The first-order chi connectivity index (χ1) is 12.8. The lowest BCUT2D eigenvalue weighted by Gasteiger charge is -2.13. The molecule has 0 saturated carbocycles. The van der Waals surface area contributed by atoms with Crippen molar-refractivity contribution in [2.45, 2.75) is 13.0 Å². The van der Waals surface area contributed by atoms with E-state index in [2.05, 4.69) is 20.0 Å². The number of rotatable bonds is 6. The van der Waals surface area contributed by atoms with Crippen molar-refractivity contribution in [2.75, 3.05) is 5.32 Å². The summed E-state index contributed by atoms with van der Waals surface area (Å²) in [5, 5.41) is 3.06. The van der Waals surface area contributed by atoms with E-state index >= 15 is 0 Å². The molecule has 27 heavy (non-hydrogen) atoms. The Morgan fingerprint density at radius 3 is 2.52 bits per heavy atom. The van der Waals surface area contributed by atoms with E-state index < -0.39 is 12.0 Å². The maximum atomic E-state index is 12.9. The molecule has 0 aliphatic rings. The zero-order valence-electron chi connectivity index (χ0n) is 14.3. The first-order valence-corrected chi connectivity index (χ1v) is 7.96. The van der Waals surface area contributed by atoms with E-state index in [4.69, 9.17) is 5.73 Å². The number of aromatic nitrogens is 2. The Morgan fingerprint density at radius 1 is 1.11 bits per heavy atom. The van der Waals surface area contributed by atoms with Gasteiger partial charge in [0.15, 0.2) is 0 Å². The van der Waals surface area contributed by atoms with E-state index in [1.807, 2.05) is 0 Å². The summed E-state index contributed by atoms with van der Waals surface area (Å²) in [6.45, 7) is 0.675. The number of amides is 1. The molecule has 3 N–H and O–H groups in total. The molecule has 0 saturated heterocycles. The van der Waals surface area contributed by atoms with Crippen molar-refractivity contribution in [1.82, 2.24) is 9.97 Å². The lowest BCUT2D eigenvalue weighted by Crippen LogP contribution is -2.18. The van der Waals surface area contributed by atoms with Crippen LogP contribution in [0.1, 0.15) is 17.3 Å². The van der Waals surface area contributed by atoms with Crippen molar-refractivity contribution in [3.05, 3.63) is 66.5 Å². The highest BCUT2D eigenvalue weighted by Crippen LogP contribution is 2.25. The molecule has 0 aliphatic carbocycles. The fourth-order valence-electron chi connectivity index (χ4n) is 2.38. The van der Waals surface area contributed by atoms with Crippen LogP contribution in [-0.2, 0) is 0 Å². The Hall–Kier alpha value is -3.55. The molecule has 0 atom stereocenters. The number of halogens is 2. The molecule has 8 heteroatoms. The lowest BCUT2D eigenvalue weighted by molar-refractivity contribution is -0.158. The SMILES string of the molecule is CC(F)(F)Oc1ccc(Nc2cc(-c3cccc(C(N)=O)c3)ncn2)cc1. The second kappa shape index (κ2) is 7.36. The van der Waals surface area contributed by atoms with Crippen LogP contribution in [0, 0.1) is 0 Å². The Morgan fingerprint density at radius 2 is 1.85 bits per heavy atom. The van der Waals surface area contributed by atoms with Gasteiger partial charge >= 0.3 is 6.11 Å². The van der Waals surface area contributed by atoms with Gasteiger partial charge in [0.25, 0.3) is 0 Å². The Labute approximate surface area is 154 Å². The molecule has 0 bridgehead atoms. The maximum absolute atomic E-state index is 12.9. The summed E-state index contributed by atoms with van der Waals surface area (Å²) in [5.41, 5.74) is 7.63. The zero-order valence-corrected chi connectivity index (χ0v) is 14.3. The number of ether oxygens (including phenoxy) is 1. The largest absolute Gasteiger partial charge is 0.433 e. The smallest absolute Gasteiger partial charge is 0.394 e. The van der Waals surface area contributed by atoms with Gasteiger partial charge in [0.1, 0.15) is 17.9 Å². The Bertz CT molecular complexity index is 956. The molecule has 138 valence electrons. The van der Waals surface area contributed by atoms with Gasteiger partial charge in [-0.3, -0.25) is 4.79 Å². The van der Waals surface area contributed by atoms with Crippen LogP contribution in [0.5, 0.6) is 5.75 Å². The second-order valence-corrected chi connectivity index (χ2v) is 5.79. The number of nitrogens with one attached hydrogen (secondary N) is 1. The molecule has 2 aromatic carbocycles. The average Bonchev–Trinajstić information content (AvgIpc) is 2.62. The summed E-state index contributed by atoms with van der Waals surface area (Å²) in [6, 6.07) is 14.5. The van der Waals surface area contributed by atoms with Gasteiger partial charge in [0.2, 0.25) is 5.91 Å². The van der Waals surface area contributed by atoms with E-state index in [9.17, 15) is 13.6 Å². The van der Waals surface area contributed by atoms with Crippen molar-refractivity contribution in [3.8, 4) is 17.0 Å². The molecular formula is C19H16F2N4O2. The van der Waals surface area contributed by atoms with Crippen LogP contribution in [0.3, 0.4) is 0 Å². The molecule has 0 aliphatic heterocycles. The third kappa shape index (κ3) is 4.97. The predicted molar refractivity (Wildman–Crippen MR) is 97.0 cm³/mol. The number of anilines is 2. The average molecular weight is 370 g/mol. The number of carbonyl (C=O) groups excluding carboxylic acids is 1. The highest BCUT2D eigenvalue weighted by atomic mass is 19.3. The van der Waals surface area contributed by atoms with Gasteiger partial charge in [-0.1, -0.05) is 12.1 Å². The first kappa shape index (κ1) is 18.2. The molecule has 0 radical (unpaired) electrons. The summed E-state index contributed by atoms with van der Waals surface area (Å²) < 4.78 is 30.2. The van der Waals surface area contributed by atoms with E-state index in [-0.39, 0.29) is 5.75 Å².